The van der Waals surface area contributed by atoms with Gasteiger partial charge in [0.05, 0.1) is 13.2 Å². The highest BCUT2D eigenvalue weighted by atomic mass is 16.5. The van der Waals surface area contributed by atoms with Gasteiger partial charge >= 0.3 is 6.03 Å². The Labute approximate surface area is 118 Å². The largest absolute Gasteiger partial charge is 0.497 e. The normalized spacial score (nSPS) is 21.7. The lowest BCUT2D eigenvalue weighted by atomic mass is 10.1. The highest BCUT2D eigenvalue weighted by Crippen LogP contribution is 2.28. The van der Waals surface area contributed by atoms with E-state index >= 15 is 0 Å². The molecule has 0 radical (unpaired) electrons. The molecule has 3 N–H and O–H groups in total. The van der Waals surface area contributed by atoms with Gasteiger partial charge in [0.2, 0.25) is 0 Å². The van der Waals surface area contributed by atoms with Gasteiger partial charge in [0.1, 0.15) is 5.75 Å². The molecule has 1 aromatic carbocycles. The molecule has 2 aliphatic rings. The second kappa shape index (κ2) is 5.20. The Kier molecular flexibility index (Phi) is 3.40. The third-order valence-corrected chi connectivity index (χ3v) is 4.09. The van der Waals surface area contributed by atoms with E-state index in [1.54, 1.807) is 7.11 Å². The number of amides is 2. The predicted octanol–water partition coefficient (Wildman–Crippen LogP) is 0.368. The van der Waals surface area contributed by atoms with Crippen LogP contribution in [0.4, 0.5) is 10.5 Å². The Morgan fingerprint density at radius 1 is 1.45 bits per heavy atom. The summed E-state index contributed by atoms with van der Waals surface area (Å²) in [5, 5.41) is 2.90. The Morgan fingerprint density at radius 2 is 2.30 bits per heavy atom. The van der Waals surface area contributed by atoms with E-state index in [4.69, 9.17) is 10.5 Å². The molecule has 20 heavy (non-hydrogen) atoms. The predicted molar refractivity (Wildman–Crippen MR) is 77.0 cm³/mol. The summed E-state index contributed by atoms with van der Waals surface area (Å²) in [5.41, 5.74) is 8.06. The zero-order valence-corrected chi connectivity index (χ0v) is 11.6. The van der Waals surface area contributed by atoms with E-state index < -0.39 is 0 Å². The van der Waals surface area contributed by atoms with Crippen LogP contribution in [0, 0.1) is 0 Å². The van der Waals surface area contributed by atoms with Gasteiger partial charge in [0.25, 0.3) is 0 Å². The highest BCUT2D eigenvalue weighted by Gasteiger charge is 2.35. The molecule has 2 fully saturated rings. The van der Waals surface area contributed by atoms with Crippen LogP contribution < -0.4 is 20.7 Å². The van der Waals surface area contributed by atoms with Gasteiger partial charge in [-0.05, 0) is 11.6 Å². The molecule has 108 valence electrons. The van der Waals surface area contributed by atoms with Crippen LogP contribution in [0.5, 0.6) is 5.75 Å². The number of nitrogens with zero attached hydrogens (tertiary/aromatic N) is 2. The minimum absolute atomic E-state index is 0.0549. The van der Waals surface area contributed by atoms with Crippen LogP contribution in [-0.2, 0) is 6.54 Å². The second-order valence-electron chi connectivity index (χ2n) is 5.18. The number of benzene rings is 1. The smallest absolute Gasteiger partial charge is 0.317 e. The molecule has 2 heterocycles. The van der Waals surface area contributed by atoms with Crippen LogP contribution >= 0.6 is 0 Å². The maximum Gasteiger partial charge on any atom is 0.317 e. The fourth-order valence-electron chi connectivity index (χ4n) is 2.96. The molecular formula is C14H20N4O2. The first kappa shape index (κ1) is 13.1. The standard InChI is InChI=1S/C14H20N4O2/c1-20-12-3-2-10(7-15)13(6-12)17-4-5-18-11(9-17)8-16-14(18)19/h2-3,6,11H,4-5,7-9,15H2,1H3,(H,16,19). The first-order valence-electron chi connectivity index (χ1n) is 6.89. The Balaban J connectivity index is 1.84. The Hall–Kier alpha value is -1.95. The fourth-order valence-corrected chi connectivity index (χ4v) is 2.96. The van der Waals surface area contributed by atoms with Crippen molar-refractivity contribution < 1.29 is 9.53 Å². The van der Waals surface area contributed by atoms with E-state index in [9.17, 15) is 4.79 Å². The minimum atomic E-state index is 0.0549. The van der Waals surface area contributed by atoms with Crippen molar-refractivity contribution in [3.63, 3.8) is 0 Å². The molecule has 1 aromatic rings. The van der Waals surface area contributed by atoms with Crippen molar-refractivity contribution in [1.29, 1.82) is 0 Å². The van der Waals surface area contributed by atoms with Gasteiger partial charge < -0.3 is 25.6 Å². The first-order valence-corrected chi connectivity index (χ1v) is 6.89. The number of ether oxygens (including phenoxy) is 1. The van der Waals surface area contributed by atoms with Gasteiger partial charge in [-0.25, -0.2) is 4.79 Å². The highest BCUT2D eigenvalue weighted by molar-refractivity contribution is 5.77. The van der Waals surface area contributed by atoms with Crippen LogP contribution in [0.3, 0.4) is 0 Å². The van der Waals surface area contributed by atoms with E-state index in [2.05, 4.69) is 10.2 Å². The fraction of sp³-hybridized carbons (Fsp3) is 0.500. The molecule has 6 nitrogen and oxygen atoms in total. The minimum Gasteiger partial charge on any atom is -0.497 e. The van der Waals surface area contributed by atoms with E-state index in [0.717, 1.165) is 43.2 Å². The number of rotatable bonds is 3. The maximum absolute atomic E-state index is 11.6. The van der Waals surface area contributed by atoms with Crippen molar-refractivity contribution >= 4 is 11.7 Å². The zero-order valence-electron chi connectivity index (χ0n) is 11.6. The molecule has 1 unspecified atom stereocenters. The molecule has 2 amide bonds. The number of hydrogen-bond donors (Lipinski definition) is 2. The number of methoxy groups -OCH3 is 1. The summed E-state index contributed by atoms with van der Waals surface area (Å²) in [5.74, 6) is 0.834. The lowest BCUT2D eigenvalue weighted by Crippen LogP contribution is -2.52. The van der Waals surface area contributed by atoms with Crippen molar-refractivity contribution in [2.45, 2.75) is 12.6 Å². The van der Waals surface area contributed by atoms with Crippen molar-refractivity contribution in [2.75, 3.05) is 38.2 Å². The van der Waals surface area contributed by atoms with Crippen LogP contribution in [0.2, 0.25) is 0 Å². The molecular weight excluding hydrogens is 256 g/mol. The zero-order chi connectivity index (χ0) is 14.1. The quantitative estimate of drug-likeness (QED) is 0.836. The number of nitrogens with two attached hydrogens (primary N) is 1. The van der Waals surface area contributed by atoms with Crippen molar-refractivity contribution in [2.24, 2.45) is 5.73 Å². The average Bonchev–Trinajstić information content (AvgIpc) is 2.87. The number of piperazine rings is 1. The Morgan fingerprint density at radius 3 is 3.05 bits per heavy atom. The van der Waals surface area contributed by atoms with Crippen molar-refractivity contribution in [1.82, 2.24) is 10.2 Å². The number of fused-ring (bicyclic) bond motifs is 1. The molecule has 0 aromatic heterocycles. The van der Waals surface area contributed by atoms with Crippen molar-refractivity contribution in [3.05, 3.63) is 23.8 Å². The van der Waals surface area contributed by atoms with Gasteiger partial charge in [0, 0.05) is 44.5 Å². The summed E-state index contributed by atoms with van der Waals surface area (Å²) in [6.45, 7) is 3.62. The third-order valence-electron chi connectivity index (χ3n) is 4.09. The second-order valence-corrected chi connectivity index (χ2v) is 5.18. The average molecular weight is 276 g/mol. The molecule has 6 heteroatoms. The van der Waals surface area contributed by atoms with E-state index in [1.807, 2.05) is 23.1 Å². The topological polar surface area (TPSA) is 70.8 Å². The van der Waals surface area contributed by atoms with E-state index in [0.29, 0.717) is 6.54 Å². The van der Waals surface area contributed by atoms with Crippen LogP contribution in [0.15, 0.2) is 18.2 Å². The molecule has 2 saturated heterocycles. The van der Waals surface area contributed by atoms with Gasteiger partial charge in [-0.15, -0.1) is 0 Å². The number of anilines is 1. The van der Waals surface area contributed by atoms with Crippen LogP contribution in [-0.4, -0.2) is 50.3 Å². The monoisotopic (exact) mass is 276 g/mol. The maximum atomic E-state index is 11.6. The first-order chi connectivity index (χ1) is 9.72. The van der Waals surface area contributed by atoms with Gasteiger partial charge in [-0.2, -0.15) is 0 Å². The summed E-state index contributed by atoms with van der Waals surface area (Å²) >= 11 is 0. The lowest BCUT2D eigenvalue weighted by Gasteiger charge is -2.38. The number of hydrogen-bond acceptors (Lipinski definition) is 4. The molecule has 3 rings (SSSR count). The number of urea groups is 1. The summed E-state index contributed by atoms with van der Waals surface area (Å²) in [7, 11) is 1.67. The van der Waals surface area contributed by atoms with Crippen LogP contribution in [0.25, 0.3) is 0 Å². The third kappa shape index (κ3) is 2.16. The molecule has 2 aliphatic heterocycles. The van der Waals surface area contributed by atoms with Crippen LogP contribution in [0.1, 0.15) is 5.56 Å². The van der Waals surface area contributed by atoms with Crippen molar-refractivity contribution in [3.8, 4) is 5.75 Å². The molecule has 0 spiro atoms. The number of carbonyl (C=O) groups excluding carboxylic acids is 1. The van der Waals surface area contributed by atoms with Gasteiger partial charge in [0.15, 0.2) is 0 Å². The number of nitrogens with one attached hydrogen (secondary N) is 1. The summed E-state index contributed by atoms with van der Waals surface area (Å²) in [6, 6.07) is 6.27. The van der Waals surface area contributed by atoms with E-state index in [1.165, 1.54) is 0 Å². The lowest BCUT2D eigenvalue weighted by molar-refractivity contribution is 0.197. The van der Waals surface area contributed by atoms with Gasteiger partial charge in [-0.1, -0.05) is 6.07 Å². The Bertz CT molecular complexity index is 520. The van der Waals surface area contributed by atoms with E-state index in [-0.39, 0.29) is 12.1 Å². The summed E-state index contributed by atoms with van der Waals surface area (Å²) in [4.78, 5) is 15.8. The number of carbonyl (C=O) groups is 1. The molecule has 0 aliphatic carbocycles. The van der Waals surface area contributed by atoms with Gasteiger partial charge in [-0.3, -0.25) is 0 Å². The SMILES string of the molecule is COc1ccc(CN)c(N2CCN3C(=O)NCC3C2)c1. The molecule has 0 saturated carbocycles. The summed E-state index contributed by atoms with van der Waals surface area (Å²) in [6.07, 6.45) is 0. The molecule has 0 bridgehead atoms. The molecule has 1 atom stereocenters. The summed E-state index contributed by atoms with van der Waals surface area (Å²) < 4.78 is 5.30.